The Labute approximate surface area is 183 Å². The third-order valence-corrected chi connectivity index (χ3v) is 5.85. The molecule has 156 valence electrons. The zero-order valence-corrected chi connectivity index (χ0v) is 18.8. The van der Waals surface area contributed by atoms with Gasteiger partial charge in [-0.2, -0.15) is 0 Å². The number of hydrogen-bond acceptors (Lipinski definition) is 2. The standard InChI is InChI=1S/C23H28Cl2N2O2/c1-5-16(3)26-23(29)17(4)27(14-19-9-7-6-8-15(19)2)22(28)13-18-10-11-20(24)21(25)12-18/h6-12,16-17H,5,13-14H2,1-4H3,(H,26,29)/t16-,17+/m0/s1. The fourth-order valence-corrected chi connectivity index (χ4v) is 3.27. The van der Waals surface area contributed by atoms with Gasteiger partial charge in [0.05, 0.1) is 16.5 Å². The van der Waals surface area contributed by atoms with Gasteiger partial charge in [-0.05, 0) is 56.0 Å². The molecular formula is C23H28Cl2N2O2. The average Bonchev–Trinajstić information content (AvgIpc) is 2.69. The number of carbonyl (C=O) groups excluding carboxylic acids is 2. The molecule has 0 fully saturated rings. The molecule has 6 heteroatoms. The third kappa shape index (κ3) is 6.48. The zero-order valence-electron chi connectivity index (χ0n) is 17.3. The summed E-state index contributed by atoms with van der Waals surface area (Å²) in [5, 5.41) is 3.83. The van der Waals surface area contributed by atoms with Crippen molar-refractivity contribution in [1.29, 1.82) is 0 Å². The molecule has 0 unspecified atom stereocenters. The molecule has 2 aromatic rings. The SMILES string of the molecule is CC[C@H](C)NC(=O)[C@@H](C)N(Cc1ccccc1C)C(=O)Cc1ccc(Cl)c(Cl)c1. The smallest absolute Gasteiger partial charge is 0.242 e. The number of amides is 2. The van der Waals surface area contributed by atoms with Crippen molar-refractivity contribution in [2.24, 2.45) is 0 Å². The van der Waals surface area contributed by atoms with Gasteiger partial charge in [0.15, 0.2) is 0 Å². The molecule has 0 aliphatic carbocycles. The van der Waals surface area contributed by atoms with Crippen LogP contribution in [0, 0.1) is 6.92 Å². The second-order valence-electron chi connectivity index (χ2n) is 7.37. The fraction of sp³-hybridized carbons (Fsp3) is 0.391. The number of nitrogens with zero attached hydrogens (tertiary/aromatic N) is 1. The van der Waals surface area contributed by atoms with Gasteiger partial charge in [0, 0.05) is 12.6 Å². The number of benzene rings is 2. The number of halogens is 2. The van der Waals surface area contributed by atoms with Crippen LogP contribution in [0.3, 0.4) is 0 Å². The van der Waals surface area contributed by atoms with Crippen LogP contribution in [-0.2, 0) is 22.6 Å². The van der Waals surface area contributed by atoms with Crippen molar-refractivity contribution in [3.63, 3.8) is 0 Å². The Morgan fingerprint density at radius 2 is 1.76 bits per heavy atom. The Balaban J connectivity index is 2.27. The summed E-state index contributed by atoms with van der Waals surface area (Å²) in [4.78, 5) is 27.6. The van der Waals surface area contributed by atoms with Crippen LogP contribution in [0.15, 0.2) is 42.5 Å². The number of rotatable bonds is 8. The Bertz CT molecular complexity index is 870. The summed E-state index contributed by atoms with van der Waals surface area (Å²) in [7, 11) is 0. The molecule has 0 heterocycles. The quantitative estimate of drug-likeness (QED) is 0.622. The van der Waals surface area contributed by atoms with Crippen LogP contribution in [-0.4, -0.2) is 28.8 Å². The van der Waals surface area contributed by atoms with Gasteiger partial charge in [0.2, 0.25) is 11.8 Å². The third-order valence-electron chi connectivity index (χ3n) is 5.11. The predicted octanol–water partition coefficient (Wildman–Crippen LogP) is 5.18. The van der Waals surface area contributed by atoms with E-state index in [0.29, 0.717) is 16.6 Å². The van der Waals surface area contributed by atoms with Crippen LogP contribution in [0.25, 0.3) is 0 Å². The topological polar surface area (TPSA) is 49.4 Å². The largest absolute Gasteiger partial charge is 0.352 e. The molecule has 0 aliphatic heterocycles. The highest BCUT2D eigenvalue weighted by atomic mass is 35.5. The van der Waals surface area contributed by atoms with Crippen molar-refractivity contribution in [2.75, 3.05) is 0 Å². The number of hydrogen-bond donors (Lipinski definition) is 1. The molecule has 0 saturated carbocycles. The van der Waals surface area contributed by atoms with E-state index in [2.05, 4.69) is 5.32 Å². The van der Waals surface area contributed by atoms with Crippen molar-refractivity contribution >= 4 is 35.0 Å². The Morgan fingerprint density at radius 1 is 1.07 bits per heavy atom. The Hall–Kier alpha value is -2.04. The lowest BCUT2D eigenvalue weighted by molar-refractivity contribution is -0.140. The molecule has 1 N–H and O–H groups in total. The van der Waals surface area contributed by atoms with Gasteiger partial charge in [0.1, 0.15) is 6.04 Å². The molecule has 0 bridgehead atoms. The van der Waals surface area contributed by atoms with Gasteiger partial charge in [-0.25, -0.2) is 0 Å². The number of aryl methyl sites for hydroxylation is 1. The molecule has 2 amide bonds. The van der Waals surface area contributed by atoms with Gasteiger partial charge in [0.25, 0.3) is 0 Å². The molecule has 2 atom stereocenters. The first kappa shape index (κ1) is 23.2. The van der Waals surface area contributed by atoms with E-state index in [4.69, 9.17) is 23.2 Å². The van der Waals surface area contributed by atoms with Crippen molar-refractivity contribution in [2.45, 2.75) is 59.2 Å². The minimum atomic E-state index is -0.598. The highest BCUT2D eigenvalue weighted by Crippen LogP contribution is 2.23. The van der Waals surface area contributed by atoms with E-state index in [0.717, 1.165) is 23.1 Å². The van der Waals surface area contributed by atoms with Crippen LogP contribution in [0.1, 0.15) is 43.9 Å². The summed E-state index contributed by atoms with van der Waals surface area (Å²) < 4.78 is 0. The highest BCUT2D eigenvalue weighted by molar-refractivity contribution is 6.42. The predicted molar refractivity (Wildman–Crippen MR) is 119 cm³/mol. The molecule has 2 aromatic carbocycles. The Kier molecular flexibility index (Phi) is 8.54. The molecule has 29 heavy (non-hydrogen) atoms. The van der Waals surface area contributed by atoms with Gasteiger partial charge >= 0.3 is 0 Å². The molecule has 2 rings (SSSR count). The zero-order chi connectivity index (χ0) is 21.6. The fourth-order valence-electron chi connectivity index (χ4n) is 2.94. The lowest BCUT2D eigenvalue weighted by Gasteiger charge is -2.30. The monoisotopic (exact) mass is 434 g/mol. The lowest BCUT2D eigenvalue weighted by atomic mass is 10.1. The summed E-state index contributed by atoms with van der Waals surface area (Å²) in [5.74, 6) is -0.297. The maximum atomic E-state index is 13.2. The first-order chi connectivity index (χ1) is 13.7. The van der Waals surface area contributed by atoms with Crippen LogP contribution in [0.2, 0.25) is 10.0 Å². The maximum Gasteiger partial charge on any atom is 0.242 e. The normalized spacial score (nSPS) is 12.9. The van der Waals surface area contributed by atoms with E-state index >= 15 is 0 Å². The van der Waals surface area contributed by atoms with Crippen molar-refractivity contribution < 1.29 is 9.59 Å². The highest BCUT2D eigenvalue weighted by Gasteiger charge is 2.27. The van der Waals surface area contributed by atoms with Crippen LogP contribution >= 0.6 is 23.2 Å². The number of nitrogens with one attached hydrogen (secondary N) is 1. The van der Waals surface area contributed by atoms with Crippen LogP contribution in [0.4, 0.5) is 0 Å². The van der Waals surface area contributed by atoms with E-state index in [9.17, 15) is 9.59 Å². The maximum absolute atomic E-state index is 13.2. The van der Waals surface area contributed by atoms with E-state index in [1.807, 2.05) is 45.0 Å². The van der Waals surface area contributed by atoms with Gasteiger partial charge in [-0.3, -0.25) is 9.59 Å². The van der Waals surface area contributed by atoms with Crippen molar-refractivity contribution in [3.8, 4) is 0 Å². The second-order valence-corrected chi connectivity index (χ2v) is 8.18. The summed E-state index contributed by atoms with van der Waals surface area (Å²) in [5.41, 5.74) is 2.85. The van der Waals surface area contributed by atoms with E-state index in [1.54, 1.807) is 30.0 Å². The van der Waals surface area contributed by atoms with Crippen molar-refractivity contribution in [3.05, 3.63) is 69.2 Å². The molecule has 0 saturated heterocycles. The molecule has 0 aromatic heterocycles. The summed E-state index contributed by atoms with van der Waals surface area (Å²) in [6, 6.07) is 12.5. The Morgan fingerprint density at radius 3 is 2.38 bits per heavy atom. The summed E-state index contributed by atoms with van der Waals surface area (Å²) in [6.45, 7) is 8.09. The van der Waals surface area contributed by atoms with Crippen LogP contribution in [0.5, 0.6) is 0 Å². The van der Waals surface area contributed by atoms with Crippen molar-refractivity contribution in [1.82, 2.24) is 10.2 Å². The van der Waals surface area contributed by atoms with Gasteiger partial charge < -0.3 is 10.2 Å². The average molecular weight is 435 g/mol. The van der Waals surface area contributed by atoms with E-state index < -0.39 is 6.04 Å². The molecular weight excluding hydrogens is 407 g/mol. The van der Waals surface area contributed by atoms with Gasteiger partial charge in [-0.15, -0.1) is 0 Å². The summed E-state index contributed by atoms with van der Waals surface area (Å²) in [6.07, 6.45) is 0.969. The molecule has 4 nitrogen and oxygen atoms in total. The minimum Gasteiger partial charge on any atom is -0.352 e. The first-order valence-corrected chi connectivity index (χ1v) is 10.6. The number of carbonyl (C=O) groups is 2. The van der Waals surface area contributed by atoms with E-state index in [-0.39, 0.29) is 24.3 Å². The summed E-state index contributed by atoms with van der Waals surface area (Å²) >= 11 is 12.1. The van der Waals surface area contributed by atoms with Crippen LogP contribution < -0.4 is 5.32 Å². The van der Waals surface area contributed by atoms with Gasteiger partial charge in [-0.1, -0.05) is 60.5 Å². The molecule has 0 radical (unpaired) electrons. The first-order valence-electron chi connectivity index (χ1n) is 9.81. The molecule has 0 spiro atoms. The minimum absolute atomic E-state index is 0.0513. The lowest BCUT2D eigenvalue weighted by Crippen LogP contribution is -2.50. The van der Waals surface area contributed by atoms with E-state index in [1.165, 1.54) is 0 Å². The second kappa shape index (κ2) is 10.7. The molecule has 0 aliphatic rings.